The number of rotatable bonds is 5. The highest BCUT2D eigenvalue weighted by atomic mass is 16.5. The summed E-state index contributed by atoms with van der Waals surface area (Å²) in [4.78, 5) is 22.8. The first-order valence-electron chi connectivity index (χ1n) is 7.09. The lowest BCUT2D eigenvalue weighted by molar-refractivity contribution is -0.116. The van der Waals surface area contributed by atoms with E-state index in [2.05, 4.69) is 10.1 Å². The van der Waals surface area contributed by atoms with Crippen molar-refractivity contribution in [2.24, 2.45) is 0 Å². The Bertz CT molecular complexity index is 625. The largest absolute Gasteiger partial charge is 0.450 e. The molecule has 0 aliphatic heterocycles. The van der Waals surface area contributed by atoms with Gasteiger partial charge in [-0.05, 0) is 43.4 Å². The summed E-state index contributed by atoms with van der Waals surface area (Å²) in [6, 6.07) is 9.57. The summed E-state index contributed by atoms with van der Waals surface area (Å²) in [6.45, 7) is 1.77. The van der Waals surface area contributed by atoms with E-state index in [1.165, 1.54) is 24.6 Å². The van der Waals surface area contributed by atoms with Crippen molar-refractivity contribution in [1.29, 1.82) is 5.26 Å². The number of carbonyl (C=O) groups excluding carboxylic acids is 2. The molecule has 1 aliphatic rings. The first-order chi connectivity index (χ1) is 10.6. The molecule has 0 heterocycles. The number of nitriles is 1. The van der Waals surface area contributed by atoms with E-state index >= 15 is 0 Å². The van der Waals surface area contributed by atoms with Gasteiger partial charge in [0.1, 0.15) is 11.6 Å². The summed E-state index contributed by atoms with van der Waals surface area (Å²) in [5.74, 6) is -0.127. The van der Waals surface area contributed by atoms with E-state index in [0.29, 0.717) is 5.92 Å². The quantitative estimate of drug-likeness (QED) is 0.644. The third kappa shape index (κ3) is 4.35. The van der Waals surface area contributed by atoms with Crippen molar-refractivity contribution in [3.05, 3.63) is 41.6 Å². The normalized spacial score (nSPS) is 13.9. The monoisotopic (exact) mass is 299 g/mol. The second-order valence-electron chi connectivity index (χ2n) is 4.89. The maximum absolute atomic E-state index is 11.7. The van der Waals surface area contributed by atoms with Crippen LogP contribution in [-0.4, -0.2) is 18.6 Å². The van der Waals surface area contributed by atoms with Crippen molar-refractivity contribution in [2.75, 3.05) is 11.9 Å². The van der Waals surface area contributed by atoms with Gasteiger partial charge >= 0.3 is 6.09 Å². The zero-order valence-corrected chi connectivity index (χ0v) is 12.3. The number of imide groups is 1. The van der Waals surface area contributed by atoms with Gasteiger partial charge < -0.3 is 10.1 Å². The molecule has 0 unspecified atom stereocenters. The second-order valence-corrected chi connectivity index (χ2v) is 4.89. The van der Waals surface area contributed by atoms with Crippen molar-refractivity contribution in [3.63, 3.8) is 0 Å². The third-order valence-electron chi connectivity index (χ3n) is 3.20. The Labute approximate surface area is 128 Å². The van der Waals surface area contributed by atoms with Gasteiger partial charge in [-0.15, -0.1) is 0 Å². The van der Waals surface area contributed by atoms with E-state index in [1.807, 2.05) is 29.6 Å². The maximum Gasteiger partial charge on any atom is 0.414 e. The van der Waals surface area contributed by atoms with Crippen molar-refractivity contribution >= 4 is 17.7 Å². The Balaban J connectivity index is 1.95. The van der Waals surface area contributed by atoms with Gasteiger partial charge in [0.15, 0.2) is 0 Å². The van der Waals surface area contributed by atoms with Crippen LogP contribution in [0.2, 0.25) is 0 Å². The maximum atomic E-state index is 11.7. The molecular formula is C16H17N3O3. The molecule has 1 aromatic carbocycles. The predicted octanol–water partition coefficient (Wildman–Crippen LogP) is 2.66. The molecule has 0 bridgehead atoms. The molecule has 22 heavy (non-hydrogen) atoms. The molecule has 2 N–H and O–H groups in total. The summed E-state index contributed by atoms with van der Waals surface area (Å²) in [6.07, 6.45) is 2.86. The zero-order valence-electron chi connectivity index (χ0n) is 12.3. The fraction of sp³-hybridized carbons (Fsp3) is 0.312. The summed E-state index contributed by atoms with van der Waals surface area (Å²) >= 11 is 0. The smallest absolute Gasteiger partial charge is 0.414 e. The number of nitrogens with one attached hydrogen (secondary N) is 2. The van der Waals surface area contributed by atoms with Crippen LogP contribution in [-0.2, 0) is 9.53 Å². The van der Waals surface area contributed by atoms with Crippen LogP contribution in [0.15, 0.2) is 36.0 Å². The molecule has 0 atom stereocenters. The lowest BCUT2D eigenvalue weighted by Crippen LogP contribution is -2.32. The van der Waals surface area contributed by atoms with Gasteiger partial charge in [0.05, 0.1) is 6.61 Å². The van der Waals surface area contributed by atoms with Crippen LogP contribution in [0.4, 0.5) is 10.5 Å². The number of amides is 2. The van der Waals surface area contributed by atoms with Crippen molar-refractivity contribution < 1.29 is 14.3 Å². The Hall–Kier alpha value is -2.81. The summed E-state index contributed by atoms with van der Waals surface area (Å²) in [5, 5.41) is 13.8. The van der Waals surface area contributed by atoms with Gasteiger partial charge in [0.25, 0.3) is 5.91 Å². The van der Waals surface area contributed by atoms with Gasteiger partial charge in [-0.2, -0.15) is 5.26 Å². The molecule has 1 aliphatic carbocycles. The zero-order chi connectivity index (χ0) is 15.9. The van der Waals surface area contributed by atoms with E-state index in [4.69, 9.17) is 5.26 Å². The molecule has 1 fully saturated rings. The Kier molecular flexibility index (Phi) is 5.15. The Morgan fingerprint density at radius 2 is 2.05 bits per heavy atom. The van der Waals surface area contributed by atoms with Crippen LogP contribution in [0.1, 0.15) is 31.2 Å². The number of hydrogen-bond donors (Lipinski definition) is 2. The lowest BCUT2D eigenvalue weighted by Gasteiger charge is -2.05. The van der Waals surface area contributed by atoms with E-state index in [9.17, 15) is 9.59 Å². The number of carbonyl (C=O) groups is 2. The number of nitrogens with zero attached hydrogens (tertiary/aromatic N) is 1. The van der Waals surface area contributed by atoms with Gasteiger partial charge in [0.2, 0.25) is 0 Å². The van der Waals surface area contributed by atoms with Gasteiger partial charge in [0, 0.05) is 11.9 Å². The van der Waals surface area contributed by atoms with Crippen molar-refractivity contribution in [1.82, 2.24) is 5.32 Å². The fourth-order valence-electron chi connectivity index (χ4n) is 1.90. The van der Waals surface area contributed by atoms with E-state index in [0.717, 1.165) is 5.69 Å². The summed E-state index contributed by atoms with van der Waals surface area (Å²) in [7, 11) is 0. The second kappa shape index (κ2) is 7.27. The molecule has 0 aromatic heterocycles. The van der Waals surface area contributed by atoms with Gasteiger partial charge in [-0.3, -0.25) is 10.1 Å². The Morgan fingerprint density at radius 1 is 1.36 bits per heavy atom. The van der Waals surface area contributed by atoms with Crippen LogP contribution in [0.5, 0.6) is 0 Å². The molecule has 1 aromatic rings. The summed E-state index contributed by atoms with van der Waals surface area (Å²) in [5.41, 5.74) is 1.86. The molecule has 114 valence electrons. The number of anilines is 1. The minimum absolute atomic E-state index is 0.149. The number of alkyl carbamates (subject to hydrolysis) is 1. The third-order valence-corrected chi connectivity index (χ3v) is 3.20. The standard InChI is InChI=1S/C16H17N3O3/c1-2-22-16(21)19-15(20)13(9-17)10-18-14-7-5-12(6-8-14)11-3-4-11/h5-8,10-11,18H,2-4H2,1H3,(H,19,20,21). The van der Waals surface area contributed by atoms with E-state index in [1.54, 1.807) is 13.0 Å². The van der Waals surface area contributed by atoms with Gasteiger partial charge in [-0.1, -0.05) is 12.1 Å². The van der Waals surface area contributed by atoms with Crippen LogP contribution in [0.3, 0.4) is 0 Å². The minimum Gasteiger partial charge on any atom is -0.450 e. The van der Waals surface area contributed by atoms with Crippen LogP contribution in [0.25, 0.3) is 0 Å². The average Bonchev–Trinajstić information content (AvgIpc) is 3.33. The molecule has 0 radical (unpaired) electrons. The summed E-state index contributed by atoms with van der Waals surface area (Å²) < 4.78 is 4.58. The lowest BCUT2D eigenvalue weighted by atomic mass is 10.1. The molecule has 2 amide bonds. The van der Waals surface area contributed by atoms with Crippen LogP contribution >= 0.6 is 0 Å². The SMILES string of the molecule is CCOC(=O)NC(=O)C(C#N)=CNc1ccc(C2CC2)cc1. The predicted molar refractivity (Wildman–Crippen MR) is 80.9 cm³/mol. The molecule has 0 spiro atoms. The molecule has 6 heteroatoms. The van der Waals surface area contributed by atoms with Crippen LogP contribution < -0.4 is 10.6 Å². The molecule has 6 nitrogen and oxygen atoms in total. The van der Waals surface area contributed by atoms with Crippen molar-refractivity contribution in [2.45, 2.75) is 25.7 Å². The van der Waals surface area contributed by atoms with Crippen LogP contribution in [0, 0.1) is 11.3 Å². The number of hydrogen-bond acceptors (Lipinski definition) is 5. The van der Waals surface area contributed by atoms with E-state index < -0.39 is 12.0 Å². The number of benzene rings is 1. The van der Waals surface area contributed by atoms with E-state index in [-0.39, 0.29) is 12.2 Å². The topological polar surface area (TPSA) is 91.2 Å². The molecule has 1 saturated carbocycles. The molecule has 2 rings (SSSR count). The first kappa shape index (κ1) is 15.6. The first-order valence-corrected chi connectivity index (χ1v) is 7.09. The highest BCUT2D eigenvalue weighted by molar-refractivity contribution is 6.05. The minimum atomic E-state index is -0.873. The van der Waals surface area contributed by atoms with Gasteiger partial charge in [-0.25, -0.2) is 4.79 Å². The average molecular weight is 299 g/mol. The Morgan fingerprint density at radius 3 is 2.59 bits per heavy atom. The highest BCUT2D eigenvalue weighted by Crippen LogP contribution is 2.40. The number of ether oxygens (including phenoxy) is 1. The molecular weight excluding hydrogens is 282 g/mol. The molecule has 0 saturated heterocycles. The highest BCUT2D eigenvalue weighted by Gasteiger charge is 2.22. The fourth-order valence-corrected chi connectivity index (χ4v) is 1.90. The van der Waals surface area contributed by atoms with Crippen molar-refractivity contribution in [3.8, 4) is 6.07 Å².